The van der Waals surface area contributed by atoms with Crippen molar-refractivity contribution >= 4 is 12.0 Å². The third kappa shape index (κ3) is 6.57. The van der Waals surface area contributed by atoms with Gasteiger partial charge in [-0.25, -0.2) is 0 Å². The third-order valence-corrected chi connectivity index (χ3v) is 5.62. The normalized spacial score (nSPS) is 15.6. The van der Waals surface area contributed by atoms with E-state index >= 15 is 0 Å². The second-order valence-corrected chi connectivity index (χ2v) is 9.03. The van der Waals surface area contributed by atoms with Crippen LogP contribution in [0.25, 0.3) is 6.08 Å². The van der Waals surface area contributed by atoms with Gasteiger partial charge in [0.15, 0.2) is 0 Å². The van der Waals surface area contributed by atoms with Crippen molar-refractivity contribution in [2.24, 2.45) is 0 Å². The fourth-order valence-electron chi connectivity index (χ4n) is 3.75. The van der Waals surface area contributed by atoms with Crippen LogP contribution >= 0.6 is 0 Å². The molecule has 0 aliphatic carbocycles. The number of carbonyl (C=O) groups excluding carboxylic acids is 1. The summed E-state index contributed by atoms with van der Waals surface area (Å²) in [4.78, 5) is 14.8. The molecule has 1 fully saturated rings. The molecule has 2 aromatic rings. The Morgan fingerprint density at radius 1 is 0.966 bits per heavy atom. The summed E-state index contributed by atoms with van der Waals surface area (Å²) < 4.78 is 0. The average molecular weight is 391 g/mol. The molecule has 3 heteroatoms. The first-order valence-corrected chi connectivity index (χ1v) is 10.8. The van der Waals surface area contributed by atoms with Gasteiger partial charge in [0, 0.05) is 19.2 Å². The van der Waals surface area contributed by atoms with Gasteiger partial charge in [-0.15, -0.1) is 0 Å². The van der Waals surface area contributed by atoms with Crippen LogP contribution in [0, 0.1) is 0 Å². The topological polar surface area (TPSA) is 32.3 Å². The van der Waals surface area contributed by atoms with E-state index < -0.39 is 0 Å². The highest BCUT2D eigenvalue weighted by Gasteiger charge is 2.13. The van der Waals surface area contributed by atoms with Crippen molar-refractivity contribution in [1.29, 1.82) is 0 Å². The summed E-state index contributed by atoms with van der Waals surface area (Å²) in [5, 5.41) is 3.04. The van der Waals surface area contributed by atoms with Crippen LogP contribution < -0.4 is 5.32 Å². The summed E-state index contributed by atoms with van der Waals surface area (Å²) in [5.74, 6) is -0.0577. The number of nitrogens with zero attached hydrogens (tertiary/aromatic N) is 1. The minimum Gasteiger partial charge on any atom is -0.348 e. The molecule has 1 heterocycles. The first-order chi connectivity index (χ1) is 13.9. The Morgan fingerprint density at radius 2 is 1.62 bits per heavy atom. The van der Waals surface area contributed by atoms with Gasteiger partial charge in [-0.05, 0) is 59.7 Å². The predicted octanol–water partition coefficient (Wildman–Crippen LogP) is 5.30. The lowest BCUT2D eigenvalue weighted by Crippen LogP contribution is -2.30. The molecule has 0 aromatic heterocycles. The van der Waals surface area contributed by atoms with E-state index in [0.717, 1.165) is 12.1 Å². The maximum atomic E-state index is 12.3. The zero-order valence-electron chi connectivity index (χ0n) is 18.1. The van der Waals surface area contributed by atoms with Crippen molar-refractivity contribution < 1.29 is 4.79 Å². The van der Waals surface area contributed by atoms with Crippen LogP contribution in [0.4, 0.5) is 0 Å². The van der Waals surface area contributed by atoms with E-state index in [-0.39, 0.29) is 11.3 Å². The molecule has 2 aromatic carbocycles. The lowest BCUT2D eigenvalue weighted by molar-refractivity contribution is -0.116. The highest BCUT2D eigenvalue weighted by atomic mass is 16.1. The number of rotatable bonds is 6. The van der Waals surface area contributed by atoms with Crippen LogP contribution in [-0.2, 0) is 23.3 Å². The van der Waals surface area contributed by atoms with Gasteiger partial charge < -0.3 is 5.32 Å². The largest absolute Gasteiger partial charge is 0.348 e. The summed E-state index contributed by atoms with van der Waals surface area (Å²) >= 11 is 0. The second-order valence-electron chi connectivity index (χ2n) is 9.03. The molecule has 0 saturated carbocycles. The van der Waals surface area contributed by atoms with Crippen LogP contribution in [0.5, 0.6) is 0 Å². The van der Waals surface area contributed by atoms with Gasteiger partial charge in [-0.1, -0.05) is 75.7 Å². The predicted molar refractivity (Wildman–Crippen MR) is 122 cm³/mol. The second kappa shape index (κ2) is 9.89. The molecule has 0 bridgehead atoms. The van der Waals surface area contributed by atoms with Gasteiger partial charge >= 0.3 is 0 Å². The molecular formula is C26H34N2O. The zero-order valence-corrected chi connectivity index (χ0v) is 18.1. The molecular weight excluding hydrogens is 356 g/mol. The first kappa shape index (κ1) is 21.3. The third-order valence-electron chi connectivity index (χ3n) is 5.62. The maximum Gasteiger partial charge on any atom is 0.244 e. The molecule has 1 saturated heterocycles. The molecule has 1 aliphatic rings. The van der Waals surface area contributed by atoms with E-state index in [1.165, 1.54) is 49.0 Å². The Kier molecular flexibility index (Phi) is 7.27. The Morgan fingerprint density at radius 3 is 2.28 bits per heavy atom. The fourth-order valence-corrected chi connectivity index (χ4v) is 3.75. The highest BCUT2D eigenvalue weighted by molar-refractivity contribution is 5.91. The van der Waals surface area contributed by atoms with Crippen molar-refractivity contribution in [3.8, 4) is 0 Å². The Hall–Kier alpha value is -2.39. The number of likely N-dealkylation sites (tertiary alicyclic amines) is 1. The summed E-state index contributed by atoms with van der Waals surface area (Å²) in [5.41, 5.74) is 5.00. The molecule has 1 N–H and O–H groups in total. The molecule has 1 amide bonds. The number of piperidine rings is 1. The van der Waals surface area contributed by atoms with Gasteiger partial charge in [0.2, 0.25) is 5.91 Å². The molecule has 0 spiro atoms. The van der Waals surface area contributed by atoms with Crippen LogP contribution in [0.15, 0.2) is 54.6 Å². The molecule has 0 radical (unpaired) electrons. The quantitative estimate of drug-likeness (QED) is 0.679. The Labute approximate surface area is 175 Å². The van der Waals surface area contributed by atoms with E-state index in [4.69, 9.17) is 0 Å². The molecule has 3 nitrogen and oxygen atoms in total. The number of hydrogen-bond donors (Lipinski definition) is 1. The summed E-state index contributed by atoms with van der Waals surface area (Å²) in [6.45, 7) is 10.5. The van der Waals surface area contributed by atoms with Gasteiger partial charge in [0.25, 0.3) is 0 Å². The average Bonchev–Trinajstić information content (AvgIpc) is 2.72. The standard InChI is InChI=1S/C26H34N2O/c1-26(2,3)24-14-11-21(12-15-24)13-16-25(29)27-19-22-9-5-6-10-23(22)20-28-17-7-4-8-18-28/h5-6,9-16H,4,7-8,17-20H2,1-3H3,(H,27,29)/b16-13+. The van der Waals surface area contributed by atoms with Crippen molar-refractivity contribution in [3.63, 3.8) is 0 Å². The monoisotopic (exact) mass is 390 g/mol. The van der Waals surface area contributed by atoms with E-state index in [9.17, 15) is 4.79 Å². The van der Waals surface area contributed by atoms with E-state index in [2.05, 4.69) is 73.5 Å². The van der Waals surface area contributed by atoms with Crippen molar-refractivity contribution in [2.45, 2.75) is 58.5 Å². The number of hydrogen-bond acceptors (Lipinski definition) is 2. The number of nitrogens with one attached hydrogen (secondary N) is 1. The van der Waals surface area contributed by atoms with Crippen LogP contribution in [0.2, 0.25) is 0 Å². The van der Waals surface area contributed by atoms with E-state index in [1.54, 1.807) is 6.08 Å². The van der Waals surface area contributed by atoms with E-state index in [0.29, 0.717) is 6.54 Å². The number of amides is 1. The van der Waals surface area contributed by atoms with Gasteiger partial charge in [-0.2, -0.15) is 0 Å². The Balaban J connectivity index is 1.54. The summed E-state index contributed by atoms with van der Waals surface area (Å²) in [7, 11) is 0. The number of benzene rings is 2. The van der Waals surface area contributed by atoms with Gasteiger partial charge in [0.1, 0.15) is 0 Å². The molecule has 0 unspecified atom stereocenters. The molecule has 1 aliphatic heterocycles. The van der Waals surface area contributed by atoms with Crippen LogP contribution in [-0.4, -0.2) is 23.9 Å². The van der Waals surface area contributed by atoms with Crippen molar-refractivity contribution in [1.82, 2.24) is 10.2 Å². The maximum absolute atomic E-state index is 12.3. The SMILES string of the molecule is CC(C)(C)c1ccc(/C=C/C(=O)NCc2ccccc2CN2CCCCC2)cc1. The lowest BCUT2D eigenvalue weighted by atomic mass is 9.87. The lowest BCUT2D eigenvalue weighted by Gasteiger charge is -2.27. The van der Waals surface area contributed by atoms with Crippen LogP contribution in [0.1, 0.15) is 62.3 Å². The molecule has 154 valence electrons. The smallest absolute Gasteiger partial charge is 0.244 e. The Bertz CT molecular complexity index is 825. The van der Waals surface area contributed by atoms with Gasteiger partial charge in [0.05, 0.1) is 0 Å². The minimum atomic E-state index is -0.0577. The van der Waals surface area contributed by atoms with Crippen LogP contribution in [0.3, 0.4) is 0 Å². The zero-order chi connectivity index (χ0) is 20.7. The van der Waals surface area contributed by atoms with Gasteiger partial charge in [-0.3, -0.25) is 9.69 Å². The number of carbonyl (C=O) groups is 1. The first-order valence-electron chi connectivity index (χ1n) is 10.8. The molecule has 0 atom stereocenters. The molecule has 3 rings (SSSR count). The summed E-state index contributed by atoms with van der Waals surface area (Å²) in [6, 6.07) is 16.8. The minimum absolute atomic E-state index is 0.0577. The van der Waals surface area contributed by atoms with Crippen molar-refractivity contribution in [2.75, 3.05) is 13.1 Å². The molecule has 29 heavy (non-hydrogen) atoms. The van der Waals surface area contributed by atoms with Crippen molar-refractivity contribution in [3.05, 3.63) is 76.9 Å². The fraction of sp³-hybridized carbons (Fsp3) is 0.423. The van der Waals surface area contributed by atoms with E-state index in [1.807, 2.05) is 12.1 Å². The summed E-state index contributed by atoms with van der Waals surface area (Å²) in [6.07, 6.45) is 7.43. The highest BCUT2D eigenvalue weighted by Crippen LogP contribution is 2.22.